The molecule has 5 heteroatoms. The Labute approximate surface area is 137 Å². The summed E-state index contributed by atoms with van der Waals surface area (Å²) >= 11 is 5.00. The van der Waals surface area contributed by atoms with Crippen LogP contribution in [-0.2, 0) is 0 Å². The van der Waals surface area contributed by atoms with Crippen LogP contribution in [0.3, 0.4) is 0 Å². The molecule has 0 radical (unpaired) electrons. The number of nitrogens with zero attached hydrogens (tertiary/aromatic N) is 2. The van der Waals surface area contributed by atoms with Gasteiger partial charge in [0.25, 0.3) is 4.84 Å². The smallest absolute Gasteiger partial charge is 0.284 e. The van der Waals surface area contributed by atoms with E-state index in [4.69, 9.17) is 21.6 Å². The van der Waals surface area contributed by atoms with Gasteiger partial charge in [-0.25, -0.2) is 10.1 Å². The summed E-state index contributed by atoms with van der Waals surface area (Å²) in [5.41, 5.74) is 4.91. The van der Waals surface area contributed by atoms with Crippen LogP contribution >= 0.6 is 12.2 Å². The Morgan fingerprint density at radius 1 is 1.04 bits per heavy atom. The van der Waals surface area contributed by atoms with Crippen molar-refractivity contribution in [1.82, 2.24) is 15.2 Å². The Kier molecular flexibility index (Phi) is 3.28. The highest BCUT2D eigenvalue weighted by atomic mass is 32.1. The van der Waals surface area contributed by atoms with Gasteiger partial charge in [0.1, 0.15) is 0 Å². The van der Waals surface area contributed by atoms with Crippen LogP contribution in [0.5, 0.6) is 0 Å². The maximum atomic E-state index is 5.51. The summed E-state index contributed by atoms with van der Waals surface area (Å²) in [6.45, 7) is 2.07. The largest absolute Gasteiger partial charge is 0.409 e. The number of nitrogens with one attached hydrogen (secondary N) is 1. The Hall–Kier alpha value is -2.79. The lowest BCUT2D eigenvalue weighted by Crippen LogP contribution is -1.90. The molecule has 0 fully saturated rings. The second-order valence-corrected chi connectivity index (χ2v) is 5.73. The summed E-state index contributed by atoms with van der Waals surface area (Å²) in [6.07, 6.45) is 0. The summed E-state index contributed by atoms with van der Waals surface area (Å²) in [6, 6.07) is 18.2. The van der Waals surface area contributed by atoms with Crippen LogP contribution in [0, 0.1) is 11.8 Å². The highest BCUT2D eigenvalue weighted by Gasteiger charge is 2.13. The molecule has 0 unspecified atom stereocenters. The zero-order valence-corrected chi connectivity index (χ0v) is 13.2. The summed E-state index contributed by atoms with van der Waals surface area (Å²) in [5.74, 6) is 0.474. The molecule has 0 saturated carbocycles. The molecule has 1 N–H and O–H groups in total. The first-order valence-electron chi connectivity index (χ1n) is 7.23. The number of H-pyrrole nitrogens is 1. The maximum absolute atomic E-state index is 5.51. The van der Waals surface area contributed by atoms with E-state index in [1.165, 1.54) is 5.56 Å². The number of rotatable bonds is 2. The number of benzene rings is 2. The number of para-hydroxylation sites is 1. The summed E-state index contributed by atoms with van der Waals surface area (Å²) in [7, 11) is 0. The molecule has 0 saturated heterocycles. The van der Waals surface area contributed by atoms with E-state index in [2.05, 4.69) is 41.4 Å². The van der Waals surface area contributed by atoms with E-state index in [0.29, 0.717) is 5.89 Å². The average molecular weight is 319 g/mol. The minimum absolute atomic E-state index is 0.262. The van der Waals surface area contributed by atoms with Crippen molar-refractivity contribution < 1.29 is 4.42 Å². The first-order valence-corrected chi connectivity index (χ1v) is 7.64. The topological polar surface area (TPSA) is 54.7 Å². The second kappa shape index (κ2) is 5.44. The van der Waals surface area contributed by atoms with Gasteiger partial charge in [0, 0.05) is 10.9 Å². The van der Waals surface area contributed by atoms with Crippen molar-refractivity contribution in [3.05, 3.63) is 65.0 Å². The predicted molar refractivity (Wildman–Crippen MR) is 92.6 cm³/mol. The summed E-state index contributed by atoms with van der Waals surface area (Å²) < 4.78 is 5.51. The molecule has 0 aliphatic heterocycles. The van der Waals surface area contributed by atoms with Gasteiger partial charge in [-0.15, -0.1) is 5.10 Å². The fourth-order valence-electron chi connectivity index (χ4n) is 2.57. The minimum atomic E-state index is 0.262. The van der Waals surface area contributed by atoms with Gasteiger partial charge in [-0.1, -0.05) is 48.0 Å². The second-order valence-electron chi connectivity index (χ2n) is 5.36. The molecule has 4 rings (SSSR count). The Bertz CT molecular complexity index is 1050. The van der Waals surface area contributed by atoms with Crippen LogP contribution in [-0.4, -0.2) is 15.2 Å². The molecule has 23 heavy (non-hydrogen) atoms. The molecule has 4 nitrogen and oxygen atoms in total. The molecule has 112 valence electrons. The molecule has 0 aliphatic carbocycles. The van der Waals surface area contributed by atoms with Gasteiger partial charge in [-0.2, -0.15) is 0 Å². The number of hydrogen-bond acceptors (Lipinski definition) is 4. The third-order valence-electron chi connectivity index (χ3n) is 3.73. The van der Waals surface area contributed by atoms with Gasteiger partial charge >= 0.3 is 0 Å². The van der Waals surface area contributed by atoms with E-state index in [9.17, 15) is 0 Å². The quantitative estimate of drug-likeness (QED) is 0.533. The molecule has 4 aromatic rings. The highest BCUT2D eigenvalue weighted by molar-refractivity contribution is 7.71. The van der Waals surface area contributed by atoms with Crippen LogP contribution in [0.15, 0.2) is 59.0 Å². The van der Waals surface area contributed by atoms with E-state index in [-0.39, 0.29) is 4.84 Å². The molecule has 0 amide bonds. The van der Waals surface area contributed by atoms with Gasteiger partial charge in [0.15, 0.2) is 0 Å². The SMILES string of the molecule is Cc1ccc(-c2cc(-c3n[nH]c(=S)o3)c3ccccc3n2)cc1. The molecule has 2 aromatic heterocycles. The molecular weight excluding hydrogens is 306 g/mol. The summed E-state index contributed by atoms with van der Waals surface area (Å²) in [5, 5.41) is 7.82. The van der Waals surface area contributed by atoms with Gasteiger partial charge < -0.3 is 4.42 Å². The first-order chi connectivity index (χ1) is 11.2. The number of aryl methyl sites for hydroxylation is 1. The van der Waals surface area contributed by atoms with E-state index < -0.39 is 0 Å². The number of fused-ring (bicyclic) bond motifs is 1. The van der Waals surface area contributed by atoms with Crippen molar-refractivity contribution in [3.63, 3.8) is 0 Å². The predicted octanol–water partition coefficient (Wildman–Crippen LogP) is 4.92. The molecule has 0 spiro atoms. The van der Waals surface area contributed by atoms with E-state index in [0.717, 1.165) is 27.7 Å². The zero-order valence-electron chi connectivity index (χ0n) is 12.4. The Morgan fingerprint density at radius 3 is 2.57 bits per heavy atom. The van der Waals surface area contributed by atoms with Crippen LogP contribution < -0.4 is 0 Å². The average Bonchev–Trinajstić information content (AvgIpc) is 3.01. The van der Waals surface area contributed by atoms with Gasteiger partial charge in [0.2, 0.25) is 5.89 Å². The zero-order chi connectivity index (χ0) is 15.8. The van der Waals surface area contributed by atoms with Crippen LogP contribution in [0.25, 0.3) is 33.6 Å². The Morgan fingerprint density at radius 2 is 1.83 bits per heavy atom. The molecule has 0 atom stereocenters. The van der Waals surface area contributed by atoms with Gasteiger partial charge in [0.05, 0.1) is 16.8 Å². The van der Waals surface area contributed by atoms with Crippen molar-refractivity contribution in [3.8, 4) is 22.7 Å². The lowest BCUT2D eigenvalue weighted by atomic mass is 10.0. The van der Waals surface area contributed by atoms with Gasteiger partial charge in [-0.05, 0) is 31.3 Å². The highest BCUT2D eigenvalue weighted by Crippen LogP contribution is 2.31. The summed E-state index contributed by atoms with van der Waals surface area (Å²) in [4.78, 5) is 5.02. The van der Waals surface area contributed by atoms with E-state index in [1.54, 1.807) is 0 Å². The maximum Gasteiger partial charge on any atom is 0.284 e. The number of aromatic nitrogens is 3. The van der Waals surface area contributed by atoms with E-state index >= 15 is 0 Å². The molecule has 0 bridgehead atoms. The Balaban J connectivity index is 2.00. The fraction of sp³-hybridized carbons (Fsp3) is 0.0556. The van der Waals surface area contributed by atoms with Crippen molar-refractivity contribution >= 4 is 23.1 Å². The van der Waals surface area contributed by atoms with Gasteiger partial charge in [-0.3, -0.25) is 0 Å². The third-order valence-corrected chi connectivity index (χ3v) is 3.91. The lowest BCUT2D eigenvalue weighted by Gasteiger charge is -2.07. The standard InChI is InChI=1S/C18H13N3OS/c1-11-6-8-12(9-7-11)16-10-14(17-20-21-18(23)22-17)13-4-2-3-5-15(13)19-16/h2-10H,1H3,(H,21,23). The van der Waals surface area contributed by atoms with Crippen molar-refractivity contribution in [2.24, 2.45) is 0 Å². The lowest BCUT2D eigenvalue weighted by molar-refractivity contribution is 0.552. The van der Waals surface area contributed by atoms with E-state index in [1.807, 2.05) is 30.3 Å². The first kappa shape index (κ1) is 13.8. The van der Waals surface area contributed by atoms with Crippen molar-refractivity contribution in [2.75, 3.05) is 0 Å². The monoisotopic (exact) mass is 319 g/mol. The molecule has 2 heterocycles. The number of aromatic amines is 1. The molecule has 0 aliphatic rings. The molecular formula is C18H13N3OS. The van der Waals surface area contributed by atoms with Crippen molar-refractivity contribution in [2.45, 2.75) is 6.92 Å². The van der Waals surface area contributed by atoms with Crippen LogP contribution in [0.2, 0.25) is 0 Å². The van der Waals surface area contributed by atoms with Crippen LogP contribution in [0.1, 0.15) is 5.56 Å². The van der Waals surface area contributed by atoms with Crippen molar-refractivity contribution in [1.29, 1.82) is 0 Å². The normalized spacial score (nSPS) is 11.0. The number of hydrogen-bond donors (Lipinski definition) is 1. The van der Waals surface area contributed by atoms with Crippen LogP contribution in [0.4, 0.5) is 0 Å². The molecule has 2 aromatic carbocycles. The third kappa shape index (κ3) is 2.55. The fourth-order valence-corrected chi connectivity index (χ4v) is 2.69. The number of pyridine rings is 1. The minimum Gasteiger partial charge on any atom is -0.409 e.